The summed E-state index contributed by atoms with van der Waals surface area (Å²) >= 11 is 0. The largest absolute Gasteiger partial charge is 0.508 e. The van der Waals surface area contributed by atoms with Gasteiger partial charge in [-0.1, -0.05) is 18.2 Å². The number of amides is 1. The van der Waals surface area contributed by atoms with Gasteiger partial charge in [0, 0.05) is 25.1 Å². The van der Waals surface area contributed by atoms with Gasteiger partial charge in [-0.25, -0.2) is 0 Å². The molecule has 4 nitrogen and oxygen atoms in total. The number of benzene rings is 1. The Balaban J connectivity index is 2.11. The van der Waals surface area contributed by atoms with Gasteiger partial charge in [-0.15, -0.1) is 0 Å². The highest BCUT2D eigenvalue weighted by molar-refractivity contribution is 5.80. The summed E-state index contributed by atoms with van der Waals surface area (Å²) < 4.78 is 0. The fraction of sp³-hybridized carbons (Fsp3) is 0.417. The number of phenols is 1. The van der Waals surface area contributed by atoms with Gasteiger partial charge in [0.1, 0.15) is 11.4 Å². The quantitative estimate of drug-likeness (QED) is 0.732. The SMILES string of the molecule is O=C1CCC2(c3ccccc3O)NCCN12. The standard InChI is InChI=1S/C12H14N2O2/c15-10-4-2-1-3-9(10)12-6-5-11(16)14(12)8-7-13-12/h1-4,13,15H,5-8H2. The number of hydrogen-bond donors (Lipinski definition) is 2. The zero-order valence-corrected chi connectivity index (χ0v) is 8.94. The van der Waals surface area contributed by atoms with Gasteiger partial charge >= 0.3 is 0 Å². The van der Waals surface area contributed by atoms with Crippen LogP contribution in [0.25, 0.3) is 0 Å². The molecule has 2 saturated heterocycles. The molecule has 16 heavy (non-hydrogen) atoms. The van der Waals surface area contributed by atoms with Gasteiger partial charge in [-0.2, -0.15) is 0 Å². The molecule has 0 aromatic heterocycles. The molecule has 84 valence electrons. The minimum Gasteiger partial charge on any atom is -0.508 e. The van der Waals surface area contributed by atoms with Crippen LogP contribution >= 0.6 is 0 Å². The van der Waals surface area contributed by atoms with E-state index in [1.54, 1.807) is 12.1 Å². The molecule has 1 atom stereocenters. The second kappa shape index (κ2) is 3.22. The van der Waals surface area contributed by atoms with Crippen molar-refractivity contribution in [3.63, 3.8) is 0 Å². The van der Waals surface area contributed by atoms with Gasteiger partial charge in [0.25, 0.3) is 0 Å². The van der Waals surface area contributed by atoms with E-state index in [1.807, 2.05) is 17.0 Å². The lowest BCUT2D eigenvalue weighted by atomic mass is 9.96. The third kappa shape index (κ3) is 1.10. The minimum absolute atomic E-state index is 0.174. The zero-order chi connectivity index (χ0) is 11.2. The lowest BCUT2D eigenvalue weighted by Crippen LogP contribution is -2.45. The van der Waals surface area contributed by atoms with Crippen LogP contribution in [-0.4, -0.2) is 29.0 Å². The van der Waals surface area contributed by atoms with E-state index in [4.69, 9.17) is 0 Å². The summed E-state index contributed by atoms with van der Waals surface area (Å²) in [6.07, 6.45) is 1.30. The molecule has 0 saturated carbocycles. The first-order chi connectivity index (χ1) is 7.74. The first-order valence-electron chi connectivity index (χ1n) is 5.58. The second-order valence-corrected chi connectivity index (χ2v) is 4.35. The maximum atomic E-state index is 11.7. The van der Waals surface area contributed by atoms with Crippen molar-refractivity contribution in [3.05, 3.63) is 29.8 Å². The summed E-state index contributed by atoms with van der Waals surface area (Å²) in [7, 11) is 0. The Morgan fingerprint density at radius 1 is 1.38 bits per heavy atom. The number of aromatic hydroxyl groups is 1. The highest BCUT2D eigenvalue weighted by Crippen LogP contribution is 2.42. The van der Waals surface area contributed by atoms with E-state index in [9.17, 15) is 9.90 Å². The Morgan fingerprint density at radius 2 is 2.19 bits per heavy atom. The molecule has 2 heterocycles. The first kappa shape index (κ1) is 9.66. The fourth-order valence-electron chi connectivity index (χ4n) is 2.84. The highest BCUT2D eigenvalue weighted by atomic mass is 16.3. The van der Waals surface area contributed by atoms with Crippen LogP contribution in [0.2, 0.25) is 0 Å². The van der Waals surface area contributed by atoms with Crippen molar-refractivity contribution >= 4 is 5.91 Å². The summed E-state index contributed by atoms with van der Waals surface area (Å²) in [5, 5.41) is 13.3. The molecule has 0 spiro atoms. The molecule has 2 N–H and O–H groups in total. The van der Waals surface area contributed by atoms with Crippen LogP contribution in [0.4, 0.5) is 0 Å². The minimum atomic E-state index is -0.456. The third-order valence-corrected chi connectivity index (χ3v) is 3.56. The van der Waals surface area contributed by atoms with E-state index in [2.05, 4.69) is 5.32 Å². The van der Waals surface area contributed by atoms with E-state index in [0.29, 0.717) is 6.42 Å². The molecule has 2 fully saturated rings. The Bertz CT molecular complexity index is 446. The molecule has 4 heteroatoms. The Kier molecular flexibility index (Phi) is 1.94. The summed E-state index contributed by atoms with van der Waals surface area (Å²) in [4.78, 5) is 13.6. The second-order valence-electron chi connectivity index (χ2n) is 4.35. The Labute approximate surface area is 93.9 Å². The van der Waals surface area contributed by atoms with Gasteiger partial charge in [-0.05, 0) is 12.5 Å². The van der Waals surface area contributed by atoms with Crippen LogP contribution in [0.15, 0.2) is 24.3 Å². The average Bonchev–Trinajstić information content (AvgIpc) is 2.82. The molecule has 1 amide bonds. The van der Waals surface area contributed by atoms with Gasteiger partial charge in [-0.3, -0.25) is 10.1 Å². The van der Waals surface area contributed by atoms with Crippen LogP contribution < -0.4 is 5.32 Å². The lowest BCUT2D eigenvalue weighted by Gasteiger charge is -2.32. The molecule has 1 aromatic rings. The lowest BCUT2D eigenvalue weighted by molar-refractivity contribution is -0.130. The molecular weight excluding hydrogens is 204 g/mol. The molecule has 0 aliphatic carbocycles. The van der Waals surface area contributed by atoms with Crippen molar-refractivity contribution in [1.29, 1.82) is 0 Å². The molecule has 1 aromatic carbocycles. The van der Waals surface area contributed by atoms with E-state index < -0.39 is 5.66 Å². The van der Waals surface area contributed by atoms with Gasteiger partial charge in [0.2, 0.25) is 5.91 Å². The first-order valence-corrected chi connectivity index (χ1v) is 5.58. The Morgan fingerprint density at radius 3 is 3.00 bits per heavy atom. The van der Waals surface area contributed by atoms with Crippen molar-refractivity contribution in [2.75, 3.05) is 13.1 Å². The van der Waals surface area contributed by atoms with Gasteiger partial charge in [0.15, 0.2) is 0 Å². The predicted molar refractivity (Wildman–Crippen MR) is 58.7 cm³/mol. The van der Waals surface area contributed by atoms with Crippen LogP contribution in [0.5, 0.6) is 5.75 Å². The molecule has 0 radical (unpaired) electrons. The fourth-order valence-corrected chi connectivity index (χ4v) is 2.84. The smallest absolute Gasteiger partial charge is 0.224 e. The third-order valence-electron chi connectivity index (χ3n) is 3.56. The van der Waals surface area contributed by atoms with Crippen LogP contribution in [0.1, 0.15) is 18.4 Å². The zero-order valence-electron chi connectivity index (χ0n) is 8.94. The number of para-hydroxylation sites is 1. The molecule has 3 rings (SSSR count). The summed E-state index contributed by atoms with van der Waals surface area (Å²) in [6.45, 7) is 1.52. The van der Waals surface area contributed by atoms with Crippen molar-refractivity contribution in [1.82, 2.24) is 10.2 Å². The average molecular weight is 218 g/mol. The van der Waals surface area contributed by atoms with Crippen LogP contribution in [-0.2, 0) is 10.5 Å². The number of nitrogens with zero attached hydrogens (tertiary/aromatic N) is 1. The maximum Gasteiger partial charge on any atom is 0.224 e. The van der Waals surface area contributed by atoms with Gasteiger partial charge in [0.05, 0.1) is 0 Å². The topological polar surface area (TPSA) is 52.6 Å². The summed E-state index contributed by atoms with van der Waals surface area (Å²) in [5.74, 6) is 0.435. The Hall–Kier alpha value is -1.55. The van der Waals surface area contributed by atoms with Crippen molar-refractivity contribution in [2.24, 2.45) is 0 Å². The molecule has 2 aliphatic rings. The monoisotopic (exact) mass is 218 g/mol. The molecule has 0 bridgehead atoms. The molecular formula is C12H14N2O2. The number of phenolic OH excluding ortho intramolecular Hbond substituents is 1. The number of carbonyl (C=O) groups is 1. The highest BCUT2D eigenvalue weighted by Gasteiger charge is 2.50. The normalized spacial score (nSPS) is 28.5. The van der Waals surface area contributed by atoms with E-state index in [-0.39, 0.29) is 11.7 Å². The van der Waals surface area contributed by atoms with E-state index in [1.165, 1.54) is 0 Å². The van der Waals surface area contributed by atoms with Crippen molar-refractivity contribution in [2.45, 2.75) is 18.5 Å². The number of nitrogens with one attached hydrogen (secondary N) is 1. The summed E-state index contributed by atoms with van der Waals surface area (Å²) in [6, 6.07) is 7.25. The van der Waals surface area contributed by atoms with Crippen LogP contribution in [0, 0.1) is 0 Å². The maximum absolute atomic E-state index is 11.7. The van der Waals surface area contributed by atoms with Crippen LogP contribution in [0.3, 0.4) is 0 Å². The summed E-state index contributed by atoms with van der Waals surface area (Å²) in [5.41, 5.74) is 0.362. The van der Waals surface area contributed by atoms with E-state index in [0.717, 1.165) is 25.1 Å². The van der Waals surface area contributed by atoms with Gasteiger partial charge < -0.3 is 10.0 Å². The molecule has 2 aliphatic heterocycles. The number of hydrogen-bond acceptors (Lipinski definition) is 3. The predicted octanol–water partition coefficient (Wildman–Crippen LogP) is 0.771. The number of carbonyl (C=O) groups excluding carboxylic acids is 1. The number of rotatable bonds is 1. The number of fused-ring (bicyclic) bond motifs is 1. The van der Waals surface area contributed by atoms with Crippen molar-refractivity contribution in [3.8, 4) is 5.75 Å². The van der Waals surface area contributed by atoms with Crippen molar-refractivity contribution < 1.29 is 9.90 Å². The van der Waals surface area contributed by atoms with E-state index >= 15 is 0 Å². The molecule has 1 unspecified atom stereocenters.